The number of aliphatic hydroxyl groups is 1. The Kier molecular flexibility index (Phi) is 5.08. The van der Waals surface area contributed by atoms with Crippen molar-refractivity contribution in [3.8, 4) is 5.75 Å². The third-order valence-electron chi connectivity index (χ3n) is 2.42. The van der Waals surface area contributed by atoms with Crippen LogP contribution in [0.2, 0.25) is 0 Å². The van der Waals surface area contributed by atoms with Crippen molar-refractivity contribution in [3.63, 3.8) is 0 Å². The average molecular weight is 318 g/mol. The van der Waals surface area contributed by atoms with Crippen molar-refractivity contribution in [1.82, 2.24) is 0 Å². The van der Waals surface area contributed by atoms with Gasteiger partial charge in [-0.2, -0.15) is 8.78 Å². The first-order valence-electron chi connectivity index (χ1n) is 6.23. The molecule has 0 amide bonds. The first kappa shape index (κ1) is 17.8. The van der Waals surface area contributed by atoms with Crippen LogP contribution in [0.25, 0.3) is 0 Å². The molecule has 0 aliphatic heterocycles. The van der Waals surface area contributed by atoms with Crippen molar-refractivity contribution in [2.75, 3.05) is 0 Å². The average Bonchev–Trinajstić information content (AvgIpc) is 2.36. The Bertz CT molecular complexity index is 547. The van der Waals surface area contributed by atoms with E-state index in [0.29, 0.717) is 0 Å². The summed E-state index contributed by atoms with van der Waals surface area (Å²) >= 11 is 0. The highest BCUT2D eigenvalue weighted by Crippen LogP contribution is 2.32. The van der Waals surface area contributed by atoms with Crippen LogP contribution in [-0.4, -0.2) is 33.9 Å². The number of benzene rings is 1. The highest BCUT2D eigenvalue weighted by Gasteiger charge is 2.47. The summed E-state index contributed by atoms with van der Waals surface area (Å²) in [6, 6.07) is 4.34. The monoisotopic (exact) mass is 318 g/mol. The van der Waals surface area contributed by atoms with Gasteiger partial charge in [-0.05, 0) is 38.5 Å². The van der Waals surface area contributed by atoms with E-state index in [0.717, 1.165) is 24.3 Å². The third-order valence-corrected chi connectivity index (χ3v) is 2.42. The highest BCUT2D eigenvalue weighted by atomic mass is 19.3. The van der Waals surface area contributed by atoms with Crippen molar-refractivity contribution < 1.29 is 38.1 Å². The van der Waals surface area contributed by atoms with E-state index in [1.807, 2.05) is 0 Å². The van der Waals surface area contributed by atoms with Crippen molar-refractivity contribution in [2.24, 2.45) is 0 Å². The van der Waals surface area contributed by atoms with Gasteiger partial charge in [0.25, 0.3) is 0 Å². The van der Waals surface area contributed by atoms with E-state index in [2.05, 4.69) is 0 Å². The van der Waals surface area contributed by atoms with Crippen molar-refractivity contribution >= 4 is 12.1 Å². The first-order chi connectivity index (χ1) is 9.93. The van der Waals surface area contributed by atoms with Gasteiger partial charge in [0, 0.05) is 0 Å². The molecule has 0 bridgehead atoms. The summed E-state index contributed by atoms with van der Waals surface area (Å²) in [7, 11) is 0. The fourth-order valence-electron chi connectivity index (χ4n) is 1.41. The fraction of sp³-hybridized carbons (Fsp3) is 0.429. The van der Waals surface area contributed by atoms with E-state index < -0.39 is 29.8 Å². The number of carboxylic acid groups (broad SMARTS) is 1. The molecule has 1 atom stereocenters. The lowest BCUT2D eigenvalue weighted by molar-refractivity contribution is -0.182. The van der Waals surface area contributed by atoms with Gasteiger partial charge in [0.2, 0.25) is 0 Å². The van der Waals surface area contributed by atoms with E-state index in [1.165, 1.54) is 0 Å². The van der Waals surface area contributed by atoms with Crippen LogP contribution in [0.5, 0.6) is 5.75 Å². The Hall–Kier alpha value is -2.22. The van der Waals surface area contributed by atoms with Crippen LogP contribution in [0, 0.1) is 0 Å². The maximum Gasteiger partial charge on any atom is 0.514 e. The topological polar surface area (TPSA) is 93.1 Å². The molecule has 0 radical (unpaired) electrons. The number of alkyl halides is 2. The molecule has 2 N–H and O–H groups in total. The zero-order chi connectivity index (χ0) is 17.1. The Balaban J connectivity index is 2.79. The second-order valence-electron chi connectivity index (χ2n) is 5.47. The van der Waals surface area contributed by atoms with E-state index in [4.69, 9.17) is 14.6 Å². The predicted octanol–water partition coefficient (Wildman–Crippen LogP) is 2.75. The molecular formula is C14H16F2O6. The van der Waals surface area contributed by atoms with Gasteiger partial charge in [-0.3, -0.25) is 0 Å². The minimum Gasteiger partial charge on any atom is -0.477 e. The first-order valence-corrected chi connectivity index (χ1v) is 6.23. The number of carbonyl (C=O) groups excluding carboxylic acids is 1. The Morgan fingerprint density at radius 3 is 2.05 bits per heavy atom. The van der Waals surface area contributed by atoms with Crippen LogP contribution in [-0.2, 0) is 9.53 Å². The number of ether oxygens (including phenoxy) is 2. The minimum absolute atomic E-state index is 0.00356. The summed E-state index contributed by atoms with van der Waals surface area (Å²) < 4.78 is 36.0. The smallest absolute Gasteiger partial charge is 0.477 e. The quantitative estimate of drug-likeness (QED) is 0.655. The van der Waals surface area contributed by atoms with Gasteiger partial charge in [-0.25, -0.2) is 9.59 Å². The fourth-order valence-corrected chi connectivity index (χ4v) is 1.41. The maximum absolute atomic E-state index is 13.2. The molecule has 1 aromatic carbocycles. The highest BCUT2D eigenvalue weighted by molar-refractivity contribution is 5.76. The number of hydrogen-bond acceptors (Lipinski definition) is 5. The number of carbonyl (C=O) groups is 2. The second kappa shape index (κ2) is 6.27. The minimum atomic E-state index is -4.33. The molecule has 0 aromatic heterocycles. The van der Waals surface area contributed by atoms with Gasteiger partial charge in [-0.15, -0.1) is 0 Å². The molecule has 0 saturated heterocycles. The Labute approximate surface area is 125 Å². The maximum atomic E-state index is 13.2. The summed E-state index contributed by atoms with van der Waals surface area (Å²) in [5.74, 6) is -6.76. The van der Waals surface area contributed by atoms with Crippen LogP contribution in [0.4, 0.5) is 13.6 Å². The number of aliphatic carboxylic acids is 1. The summed E-state index contributed by atoms with van der Waals surface area (Å²) in [6.07, 6.45) is -3.49. The zero-order valence-corrected chi connectivity index (χ0v) is 12.2. The lowest BCUT2D eigenvalue weighted by Gasteiger charge is -2.20. The third kappa shape index (κ3) is 4.66. The normalized spacial score (nSPS) is 13.4. The molecule has 0 saturated carbocycles. The van der Waals surface area contributed by atoms with Gasteiger partial charge in [0.1, 0.15) is 11.4 Å². The van der Waals surface area contributed by atoms with Gasteiger partial charge < -0.3 is 19.7 Å². The summed E-state index contributed by atoms with van der Waals surface area (Å²) in [4.78, 5) is 21.8. The Morgan fingerprint density at radius 2 is 1.64 bits per heavy atom. The van der Waals surface area contributed by atoms with Crippen LogP contribution in [0.3, 0.4) is 0 Å². The van der Waals surface area contributed by atoms with Crippen LogP contribution in [0.1, 0.15) is 32.4 Å². The molecule has 0 aliphatic rings. The molecule has 1 unspecified atom stereocenters. The molecule has 8 heteroatoms. The molecule has 0 heterocycles. The number of hydrogen-bond donors (Lipinski definition) is 2. The second-order valence-corrected chi connectivity index (χ2v) is 5.47. The van der Waals surface area contributed by atoms with Gasteiger partial charge in [-0.1, -0.05) is 12.1 Å². The molecule has 1 aromatic rings. The molecular weight excluding hydrogens is 302 g/mol. The van der Waals surface area contributed by atoms with Crippen LogP contribution >= 0.6 is 0 Å². The van der Waals surface area contributed by atoms with Crippen molar-refractivity contribution in [3.05, 3.63) is 29.8 Å². The molecule has 0 fully saturated rings. The molecule has 0 aliphatic carbocycles. The predicted molar refractivity (Wildman–Crippen MR) is 70.8 cm³/mol. The zero-order valence-electron chi connectivity index (χ0n) is 12.2. The molecule has 6 nitrogen and oxygen atoms in total. The summed E-state index contributed by atoms with van der Waals surface area (Å²) in [5, 5.41) is 17.7. The lowest BCUT2D eigenvalue weighted by atomic mass is 10.0. The molecule has 1 rings (SSSR count). The van der Waals surface area contributed by atoms with E-state index in [-0.39, 0.29) is 11.3 Å². The molecule has 122 valence electrons. The number of aliphatic hydroxyl groups excluding tert-OH is 1. The molecule has 0 spiro atoms. The van der Waals surface area contributed by atoms with Crippen molar-refractivity contribution in [1.29, 1.82) is 0 Å². The van der Waals surface area contributed by atoms with E-state index in [9.17, 15) is 23.5 Å². The largest absolute Gasteiger partial charge is 0.514 e. The standard InChI is InChI=1S/C14H16F2O6/c1-13(2,3)22-12(20)21-9-6-4-8(5-7-9)10(17)14(15,16)11(18)19/h4-7,10,17H,1-3H3,(H,18,19). The van der Waals surface area contributed by atoms with Gasteiger partial charge in [0.05, 0.1) is 0 Å². The number of carboxylic acids is 1. The van der Waals surface area contributed by atoms with Crippen LogP contribution < -0.4 is 4.74 Å². The summed E-state index contributed by atoms with van der Waals surface area (Å²) in [6.45, 7) is 4.92. The lowest BCUT2D eigenvalue weighted by Crippen LogP contribution is -2.35. The number of rotatable bonds is 4. The van der Waals surface area contributed by atoms with E-state index >= 15 is 0 Å². The van der Waals surface area contributed by atoms with E-state index in [1.54, 1.807) is 20.8 Å². The van der Waals surface area contributed by atoms with Gasteiger partial charge >= 0.3 is 18.0 Å². The van der Waals surface area contributed by atoms with Crippen LogP contribution in [0.15, 0.2) is 24.3 Å². The van der Waals surface area contributed by atoms with Gasteiger partial charge in [0.15, 0.2) is 6.10 Å². The SMILES string of the molecule is CC(C)(C)OC(=O)Oc1ccc(C(O)C(F)(F)C(=O)O)cc1. The van der Waals surface area contributed by atoms with Crippen molar-refractivity contribution in [2.45, 2.75) is 38.4 Å². The number of halogens is 2. The molecule has 22 heavy (non-hydrogen) atoms. The Morgan fingerprint density at radius 1 is 1.14 bits per heavy atom. The summed E-state index contributed by atoms with van der Waals surface area (Å²) in [5.41, 5.74) is -1.08.